The zero-order valence-electron chi connectivity index (χ0n) is 18.3. The molecule has 2 aromatic carbocycles. The Kier molecular flexibility index (Phi) is 4.45. The van der Waals surface area contributed by atoms with Crippen molar-refractivity contribution in [2.75, 3.05) is 0 Å². The molecule has 0 bridgehead atoms. The Hall–Kier alpha value is -3.22. The van der Waals surface area contributed by atoms with E-state index in [0.29, 0.717) is 34.4 Å². The summed E-state index contributed by atoms with van der Waals surface area (Å²) in [4.78, 5) is 27.3. The highest BCUT2D eigenvalue weighted by molar-refractivity contribution is 6.14. The van der Waals surface area contributed by atoms with Crippen LogP contribution in [0.2, 0.25) is 0 Å². The van der Waals surface area contributed by atoms with Gasteiger partial charge >= 0.3 is 0 Å². The van der Waals surface area contributed by atoms with Crippen molar-refractivity contribution in [1.82, 2.24) is 5.32 Å². The van der Waals surface area contributed by atoms with Gasteiger partial charge in [0.05, 0.1) is 0 Å². The van der Waals surface area contributed by atoms with Gasteiger partial charge < -0.3 is 20.9 Å². The zero-order valence-corrected chi connectivity index (χ0v) is 18.3. The lowest BCUT2D eigenvalue weighted by Crippen LogP contribution is -2.63. The SMILES string of the molecule is Cc1cccc(C(=O)NC23C(=O)C4=C(C=CCC4N)C2(O)Oc2cc(C(C)C)ccc23)c1. The largest absolute Gasteiger partial charge is 0.454 e. The number of ether oxygens (including phenoxy) is 1. The maximum absolute atomic E-state index is 13.9. The van der Waals surface area contributed by atoms with Crippen LogP contribution in [0.3, 0.4) is 0 Å². The first-order valence-electron chi connectivity index (χ1n) is 10.9. The molecule has 0 fully saturated rings. The van der Waals surface area contributed by atoms with Crippen LogP contribution < -0.4 is 15.8 Å². The minimum atomic E-state index is -2.08. The van der Waals surface area contributed by atoms with Gasteiger partial charge in [0.15, 0.2) is 5.78 Å². The van der Waals surface area contributed by atoms with E-state index in [-0.39, 0.29) is 5.92 Å². The first-order chi connectivity index (χ1) is 15.2. The molecule has 3 aliphatic rings. The Labute approximate surface area is 186 Å². The number of aliphatic hydroxyl groups is 1. The van der Waals surface area contributed by atoms with E-state index in [1.807, 2.05) is 31.2 Å². The van der Waals surface area contributed by atoms with Crippen LogP contribution in [0, 0.1) is 6.92 Å². The molecule has 5 rings (SSSR count). The molecule has 164 valence electrons. The molecule has 0 saturated carbocycles. The molecule has 0 spiro atoms. The number of carbonyl (C=O) groups is 2. The van der Waals surface area contributed by atoms with Gasteiger partial charge in [-0.3, -0.25) is 9.59 Å². The maximum Gasteiger partial charge on any atom is 0.270 e. The predicted octanol–water partition coefficient (Wildman–Crippen LogP) is 2.99. The summed E-state index contributed by atoms with van der Waals surface area (Å²) < 4.78 is 6.12. The van der Waals surface area contributed by atoms with Crippen LogP contribution in [0.1, 0.15) is 53.2 Å². The van der Waals surface area contributed by atoms with Crippen molar-refractivity contribution in [3.05, 3.63) is 88.0 Å². The molecule has 0 saturated heterocycles. The number of hydrogen-bond acceptors (Lipinski definition) is 5. The summed E-state index contributed by atoms with van der Waals surface area (Å²) >= 11 is 0. The molecule has 0 radical (unpaired) electrons. The van der Waals surface area contributed by atoms with E-state index >= 15 is 0 Å². The summed E-state index contributed by atoms with van der Waals surface area (Å²) in [6.07, 6.45) is 3.98. The van der Waals surface area contributed by atoms with E-state index in [4.69, 9.17) is 10.5 Å². The number of aryl methyl sites for hydroxylation is 1. The summed E-state index contributed by atoms with van der Waals surface area (Å²) in [5.74, 6) is -2.36. The molecule has 0 aromatic heterocycles. The van der Waals surface area contributed by atoms with Gasteiger partial charge in [0.1, 0.15) is 5.75 Å². The Morgan fingerprint density at radius 3 is 2.75 bits per heavy atom. The van der Waals surface area contributed by atoms with Gasteiger partial charge in [-0.05, 0) is 43.0 Å². The normalized spacial score (nSPS) is 27.8. The van der Waals surface area contributed by atoms with Crippen LogP contribution in [-0.4, -0.2) is 28.6 Å². The average molecular weight is 431 g/mol. The smallest absolute Gasteiger partial charge is 0.270 e. The lowest BCUT2D eigenvalue weighted by atomic mass is 9.80. The monoisotopic (exact) mass is 430 g/mol. The number of rotatable bonds is 3. The number of amides is 1. The van der Waals surface area contributed by atoms with Gasteiger partial charge in [-0.15, -0.1) is 0 Å². The molecule has 2 aliphatic carbocycles. The molecule has 4 N–H and O–H groups in total. The minimum absolute atomic E-state index is 0.227. The second kappa shape index (κ2) is 6.89. The second-order valence-electron chi connectivity index (χ2n) is 9.13. The van der Waals surface area contributed by atoms with Crippen LogP contribution in [0.25, 0.3) is 0 Å². The summed E-state index contributed by atoms with van der Waals surface area (Å²) in [6.45, 7) is 5.99. The highest BCUT2D eigenvalue weighted by Gasteiger charge is 2.72. The first-order valence-corrected chi connectivity index (χ1v) is 10.9. The molecule has 6 nitrogen and oxygen atoms in total. The number of nitrogens with one attached hydrogen (secondary N) is 1. The Morgan fingerprint density at radius 2 is 2.03 bits per heavy atom. The van der Waals surface area contributed by atoms with Crippen molar-refractivity contribution < 1.29 is 19.4 Å². The summed E-state index contributed by atoms with van der Waals surface area (Å²) in [5, 5.41) is 14.8. The Bertz CT molecular complexity index is 1230. The van der Waals surface area contributed by atoms with E-state index in [1.165, 1.54) is 0 Å². The van der Waals surface area contributed by atoms with E-state index in [2.05, 4.69) is 19.2 Å². The number of carbonyl (C=O) groups excluding carboxylic acids is 2. The number of Topliss-reactive ketones (excluding diaryl/α,β-unsaturated/α-hetero) is 1. The third kappa shape index (κ3) is 2.60. The van der Waals surface area contributed by atoms with Crippen molar-refractivity contribution >= 4 is 11.7 Å². The van der Waals surface area contributed by atoms with Crippen molar-refractivity contribution in [1.29, 1.82) is 0 Å². The fraction of sp³-hybridized carbons (Fsp3) is 0.308. The van der Waals surface area contributed by atoms with Gasteiger partial charge in [0, 0.05) is 28.3 Å². The zero-order chi connectivity index (χ0) is 22.8. The number of benzene rings is 2. The van der Waals surface area contributed by atoms with Crippen LogP contribution in [0.4, 0.5) is 0 Å². The predicted molar refractivity (Wildman–Crippen MR) is 120 cm³/mol. The molecule has 1 amide bonds. The average Bonchev–Trinajstić information content (AvgIpc) is 3.11. The highest BCUT2D eigenvalue weighted by Crippen LogP contribution is 2.57. The van der Waals surface area contributed by atoms with Crippen LogP contribution in [-0.2, 0) is 10.3 Å². The van der Waals surface area contributed by atoms with Crippen molar-refractivity contribution in [3.8, 4) is 5.75 Å². The summed E-state index contributed by atoms with van der Waals surface area (Å²) in [6, 6.07) is 12.0. The van der Waals surface area contributed by atoms with Crippen LogP contribution in [0.5, 0.6) is 5.75 Å². The first kappa shape index (κ1) is 20.7. The molecular formula is C26H26N2O4. The molecule has 2 aromatic rings. The van der Waals surface area contributed by atoms with Crippen LogP contribution >= 0.6 is 0 Å². The van der Waals surface area contributed by atoms with Crippen molar-refractivity contribution in [2.24, 2.45) is 5.73 Å². The van der Waals surface area contributed by atoms with Gasteiger partial charge in [-0.1, -0.05) is 55.8 Å². The molecule has 1 aliphatic heterocycles. The highest BCUT2D eigenvalue weighted by atomic mass is 16.6. The van der Waals surface area contributed by atoms with E-state index in [0.717, 1.165) is 11.1 Å². The van der Waals surface area contributed by atoms with E-state index in [1.54, 1.807) is 30.3 Å². The van der Waals surface area contributed by atoms with Crippen molar-refractivity contribution in [2.45, 2.75) is 50.5 Å². The lowest BCUT2D eigenvalue weighted by Gasteiger charge is -2.35. The molecular weight excluding hydrogens is 404 g/mol. The summed E-state index contributed by atoms with van der Waals surface area (Å²) in [5.41, 5.74) is 7.82. The summed E-state index contributed by atoms with van der Waals surface area (Å²) in [7, 11) is 0. The quantitative estimate of drug-likeness (QED) is 0.695. The Morgan fingerprint density at radius 1 is 1.25 bits per heavy atom. The van der Waals surface area contributed by atoms with E-state index < -0.39 is 29.1 Å². The third-order valence-corrected chi connectivity index (χ3v) is 6.71. The van der Waals surface area contributed by atoms with Gasteiger partial charge in [-0.2, -0.15) is 0 Å². The van der Waals surface area contributed by atoms with Crippen LogP contribution in [0.15, 0.2) is 65.8 Å². The number of fused-ring (bicyclic) bond motifs is 4. The Balaban J connectivity index is 1.70. The topological polar surface area (TPSA) is 102 Å². The molecule has 1 heterocycles. The standard InChI is InChI=1S/C26H26N2O4/c1-14(2)16-10-11-18-21(13-16)32-26(31)19-8-5-9-20(27)22(19)23(29)25(18,26)28-24(30)17-7-4-6-15(3)12-17/h4-8,10-14,20,31H,9,27H2,1-3H3,(H,28,30). The van der Waals surface area contributed by atoms with Crippen molar-refractivity contribution in [3.63, 3.8) is 0 Å². The number of nitrogens with two attached hydrogens (primary N) is 1. The molecule has 32 heavy (non-hydrogen) atoms. The second-order valence-corrected chi connectivity index (χ2v) is 9.13. The number of ketones is 1. The minimum Gasteiger partial charge on any atom is -0.454 e. The fourth-order valence-electron chi connectivity index (χ4n) is 5.01. The van der Waals surface area contributed by atoms with Gasteiger partial charge in [0.25, 0.3) is 11.7 Å². The maximum atomic E-state index is 13.9. The van der Waals surface area contributed by atoms with Gasteiger partial charge in [0.2, 0.25) is 5.54 Å². The fourth-order valence-corrected chi connectivity index (χ4v) is 5.01. The molecule has 3 atom stereocenters. The lowest BCUT2D eigenvalue weighted by molar-refractivity contribution is -0.154. The molecule has 3 unspecified atom stereocenters. The number of hydrogen-bond donors (Lipinski definition) is 3. The molecule has 6 heteroatoms. The third-order valence-electron chi connectivity index (χ3n) is 6.71. The van der Waals surface area contributed by atoms with E-state index in [9.17, 15) is 14.7 Å². The van der Waals surface area contributed by atoms with Gasteiger partial charge in [-0.25, -0.2) is 0 Å².